The smallest absolute Gasteiger partial charge is 0.262 e. The molecule has 9 nitrogen and oxygen atoms in total. The average Bonchev–Trinajstić information content (AvgIpc) is 3.05. The number of carbonyl (C=O) groups is 3. The quantitative estimate of drug-likeness (QED) is 0.477. The monoisotopic (exact) mass is 444 g/mol. The van der Waals surface area contributed by atoms with Crippen molar-refractivity contribution in [2.75, 3.05) is 22.5 Å². The van der Waals surface area contributed by atoms with Crippen molar-refractivity contribution in [1.29, 1.82) is 0 Å². The van der Waals surface area contributed by atoms with Crippen LogP contribution in [0.4, 0.5) is 23.0 Å². The number of anilines is 4. The molecule has 0 saturated carbocycles. The summed E-state index contributed by atoms with van der Waals surface area (Å²) in [6, 6.07) is 14.5. The highest BCUT2D eigenvalue weighted by Gasteiger charge is 2.40. The van der Waals surface area contributed by atoms with E-state index in [1.165, 1.54) is 6.92 Å². The minimum atomic E-state index is -0.955. The number of amides is 3. The van der Waals surface area contributed by atoms with Crippen LogP contribution in [0.5, 0.6) is 0 Å². The molecule has 3 amide bonds. The molecule has 0 fully saturated rings. The molecule has 2 heterocycles. The second-order valence-electron chi connectivity index (χ2n) is 7.61. The van der Waals surface area contributed by atoms with Crippen molar-refractivity contribution in [1.82, 2.24) is 14.9 Å². The van der Waals surface area contributed by atoms with Gasteiger partial charge in [0.15, 0.2) is 0 Å². The first-order valence-electron chi connectivity index (χ1n) is 10.6. The first-order valence-corrected chi connectivity index (χ1v) is 10.6. The van der Waals surface area contributed by atoms with Gasteiger partial charge < -0.3 is 16.0 Å². The number of carbonyl (C=O) groups excluding carboxylic acids is 3. The van der Waals surface area contributed by atoms with Crippen molar-refractivity contribution in [3.05, 3.63) is 71.5 Å². The van der Waals surface area contributed by atoms with Crippen molar-refractivity contribution >= 4 is 40.7 Å². The van der Waals surface area contributed by atoms with E-state index in [0.29, 0.717) is 28.5 Å². The van der Waals surface area contributed by atoms with Crippen LogP contribution in [0, 0.1) is 6.92 Å². The van der Waals surface area contributed by atoms with Crippen molar-refractivity contribution in [2.24, 2.45) is 0 Å². The molecule has 2 aromatic carbocycles. The Labute approximate surface area is 191 Å². The molecule has 0 saturated heterocycles. The number of aromatic nitrogens is 2. The Balaban J connectivity index is 1.42. The number of nitrogens with zero attached hydrogens (tertiary/aromatic N) is 3. The topological polar surface area (TPSA) is 116 Å². The van der Waals surface area contributed by atoms with Crippen LogP contribution in [0.1, 0.15) is 40.4 Å². The van der Waals surface area contributed by atoms with Crippen LogP contribution >= 0.6 is 0 Å². The SMILES string of the molecule is CCNc1cc(Nc2ccc(NC(=O)C(C)N3C(=O)c4ccccc4C3=O)cc2)nc(C)n1. The fraction of sp³-hybridized carbons (Fsp3) is 0.208. The summed E-state index contributed by atoms with van der Waals surface area (Å²) >= 11 is 0. The second kappa shape index (κ2) is 9.07. The third-order valence-corrected chi connectivity index (χ3v) is 5.21. The Kier molecular flexibility index (Phi) is 6.03. The average molecular weight is 444 g/mol. The Hall–Kier alpha value is -4.27. The molecule has 1 atom stereocenters. The van der Waals surface area contributed by atoms with Gasteiger partial charge in [0.1, 0.15) is 23.5 Å². The molecule has 168 valence electrons. The van der Waals surface area contributed by atoms with Crippen LogP contribution in [0.25, 0.3) is 0 Å². The fourth-order valence-corrected chi connectivity index (χ4v) is 3.61. The summed E-state index contributed by atoms with van der Waals surface area (Å²) in [5.41, 5.74) is 1.95. The van der Waals surface area contributed by atoms with Crippen LogP contribution in [-0.2, 0) is 4.79 Å². The van der Waals surface area contributed by atoms with Crippen LogP contribution in [-0.4, -0.2) is 45.2 Å². The predicted molar refractivity (Wildman–Crippen MR) is 126 cm³/mol. The highest BCUT2D eigenvalue weighted by molar-refractivity contribution is 6.23. The molecule has 3 N–H and O–H groups in total. The maximum absolute atomic E-state index is 12.8. The molecular weight excluding hydrogens is 420 g/mol. The summed E-state index contributed by atoms with van der Waals surface area (Å²) in [6.07, 6.45) is 0. The number of rotatable bonds is 7. The van der Waals surface area contributed by atoms with E-state index in [0.717, 1.165) is 22.9 Å². The van der Waals surface area contributed by atoms with Crippen molar-refractivity contribution in [3.63, 3.8) is 0 Å². The third kappa shape index (κ3) is 4.52. The molecule has 1 aliphatic heterocycles. The summed E-state index contributed by atoms with van der Waals surface area (Å²) in [5.74, 6) is 0.645. The molecule has 1 aliphatic rings. The molecule has 33 heavy (non-hydrogen) atoms. The van der Waals surface area contributed by atoms with Gasteiger partial charge in [-0.1, -0.05) is 12.1 Å². The number of nitrogens with one attached hydrogen (secondary N) is 3. The minimum Gasteiger partial charge on any atom is -0.370 e. The first kappa shape index (κ1) is 21.9. The number of hydrogen-bond donors (Lipinski definition) is 3. The van der Waals surface area contributed by atoms with E-state index in [1.807, 2.05) is 19.9 Å². The summed E-state index contributed by atoms with van der Waals surface area (Å²) < 4.78 is 0. The standard InChI is InChI=1S/C24H24N6O3/c1-4-25-20-13-21(27-15(3)26-20)28-16-9-11-17(12-10-16)29-22(31)14(2)30-23(32)18-7-5-6-8-19(18)24(30)33/h5-14H,4H2,1-3H3,(H,29,31)(H2,25,26,27,28). The highest BCUT2D eigenvalue weighted by Crippen LogP contribution is 2.25. The summed E-state index contributed by atoms with van der Waals surface area (Å²) in [6.45, 7) is 6.10. The zero-order valence-electron chi connectivity index (χ0n) is 18.5. The second-order valence-corrected chi connectivity index (χ2v) is 7.61. The molecule has 9 heteroatoms. The van der Waals surface area contributed by atoms with Gasteiger partial charge >= 0.3 is 0 Å². The normalized spacial score (nSPS) is 13.5. The van der Waals surface area contributed by atoms with E-state index < -0.39 is 23.8 Å². The Morgan fingerprint density at radius 2 is 1.52 bits per heavy atom. The largest absolute Gasteiger partial charge is 0.370 e. The third-order valence-electron chi connectivity index (χ3n) is 5.21. The summed E-state index contributed by atoms with van der Waals surface area (Å²) in [5, 5.41) is 9.14. The molecular formula is C24H24N6O3. The zero-order chi connectivity index (χ0) is 23.5. The van der Waals surface area contributed by atoms with E-state index in [1.54, 1.807) is 48.5 Å². The van der Waals surface area contributed by atoms with Gasteiger partial charge in [-0.25, -0.2) is 9.97 Å². The van der Waals surface area contributed by atoms with Gasteiger partial charge in [0.05, 0.1) is 11.1 Å². The Morgan fingerprint density at radius 3 is 2.12 bits per heavy atom. The van der Waals surface area contributed by atoms with Crippen molar-refractivity contribution in [3.8, 4) is 0 Å². The fourth-order valence-electron chi connectivity index (χ4n) is 3.61. The van der Waals surface area contributed by atoms with Gasteiger partial charge in [0.2, 0.25) is 5.91 Å². The predicted octanol–water partition coefficient (Wildman–Crippen LogP) is 3.58. The lowest BCUT2D eigenvalue weighted by Gasteiger charge is -2.21. The van der Waals surface area contributed by atoms with Crippen LogP contribution < -0.4 is 16.0 Å². The van der Waals surface area contributed by atoms with Crippen LogP contribution in [0.3, 0.4) is 0 Å². The minimum absolute atomic E-state index is 0.315. The molecule has 4 rings (SSSR count). The zero-order valence-corrected chi connectivity index (χ0v) is 18.5. The lowest BCUT2D eigenvalue weighted by Crippen LogP contribution is -2.45. The number of aryl methyl sites for hydroxylation is 1. The Morgan fingerprint density at radius 1 is 0.939 bits per heavy atom. The molecule has 3 aromatic rings. The summed E-state index contributed by atoms with van der Waals surface area (Å²) in [7, 11) is 0. The van der Waals surface area contributed by atoms with Crippen LogP contribution in [0.2, 0.25) is 0 Å². The first-order chi connectivity index (χ1) is 15.9. The molecule has 0 spiro atoms. The van der Waals surface area contributed by atoms with Gasteiger partial charge in [0, 0.05) is 24.0 Å². The number of imide groups is 1. The highest BCUT2D eigenvalue weighted by atomic mass is 16.2. The van der Waals surface area contributed by atoms with Crippen molar-refractivity contribution in [2.45, 2.75) is 26.8 Å². The van der Waals surface area contributed by atoms with E-state index in [9.17, 15) is 14.4 Å². The number of hydrogen-bond acceptors (Lipinski definition) is 7. The van der Waals surface area contributed by atoms with E-state index in [2.05, 4.69) is 25.9 Å². The van der Waals surface area contributed by atoms with Gasteiger partial charge in [-0.15, -0.1) is 0 Å². The number of benzene rings is 2. The lowest BCUT2D eigenvalue weighted by molar-refractivity contribution is -0.119. The van der Waals surface area contributed by atoms with Gasteiger partial charge in [-0.3, -0.25) is 19.3 Å². The molecule has 0 bridgehead atoms. The number of fused-ring (bicyclic) bond motifs is 1. The Bertz CT molecular complexity index is 1190. The molecule has 0 radical (unpaired) electrons. The lowest BCUT2D eigenvalue weighted by atomic mass is 10.1. The van der Waals surface area contributed by atoms with Crippen molar-refractivity contribution < 1.29 is 14.4 Å². The van der Waals surface area contributed by atoms with E-state index >= 15 is 0 Å². The van der Waals surface area contributed by atoms with E-state index in [-0.39, 0.29) is 0 Å². The van der Waals surface area contributed by atoms with E-state index in [4.69, 9.17) is 0 Å². The van der Waals surface area contributed by atoms with Crippen LogP contribution in [0.15, 0.2) is 54.6 Å². The summed E-state index contributed by atoms with van der Waals surface area (Å²) in [4.78, 5) is 47.7. The molecule has 1 aromatic heterocycles. The maximum Gasteiger partial charge on any atom is 0.262 e. The molecule has 1 unspecified atom stereocenters. The molecule has 0 aliphatic carbocycles. The maximum atomic E-state index is 12.8. The van der Waals surface area contributed by atoms with Gasteiger partial charge in [0.25, 0.3) is 11.8 Å². The van der Waals surface area contributed by atoms with Gasteiger partial charge in [-0.2, -0.15) is 0 Å². The van der Waals surface area contributed by atoms with Gasteiger partial charge in [-0.05, 0) is 57.2 Å².